The number of phenolic OH excluding ortho intramolecular Hbond substituents is 1. The Labute approximate surface area is 253 Å². The van der Waals surface area contributed by atoms with Crippen LogP contribution in [0.15, 0.2) is 66.0 Å². The number of aryl methyl sites for hydroxylation is 1. The van der Waals surface area contributed by atoms with Gasteiger partial charge in [-0.3, -0.25) is 13.7 Å². The first-order chi connectivity index (χ1) is 20.7. The van der Waals surface area contributed by atoms with Gasteiger partial charge in [0, 0.05) is 43.7 Å². The predicted octanol–water partition coefficient (Wildman–Crippen LogP) is 3.96. The minimum atomic E-state index is -3.78. The normalized spacial score (nSPS) is 15.5. The second-order valence-electron chi connectivity index (χ2n) is 10.7. The van der Waals surface area contributed by atoms with Gasteiger partial charge < -0.3 is 14.9 Å². The van der Waals surface area contributed by atoms with Crippen LogP contribution in [-0.2, 0) is 14.8 Å². The highest BCUT2D eigenvalue weighted by atomic mass is 32.2. The number of phenols is 1. The number of hydrogen-bond donors (Lipinski definition) is 1. The first-order valence-corrected chi connectivity index (χ1v) is 15.6. The summed E-state index contributed by atoms with van der Waals surface area (Å²) in [4.78, 5) is 34.1. The molecule has 1 N–H and O–H groups in total. The fourth-order valence-corrected chi connectivity index (χ4v) is 6.11. The molecule has 230 valence electrons. The van der Waals surface area contributed by atoms with E-state index in [2.05, 4.69) is 11.6 Å². The number of rotatable bonds is 6. The van der Waals surface area contributed by atoms with E-state index in [-0.39, 0.29) is 52.2 Å². The van der Waals surface area contributed by atoms with Gasteiger partial charge in [0.25, 0.3) is 0 Å². The zero-order valence-corrected chi connectivity index (χ0v) is 25.4. The van der Waals surface area contributed by atoms with Crippen molar-refractivity contribution < 1.29 is 27.1 Å². The topological polar surface area (TPSA) is 116 Å². The maximum absolute atomic E-state index is 15.9. The van der Waals surface area contributed by atoms with Gasteiger partial charge in [-0.05, 0) is 55.8 Å². The van der Waals surface area contributed by atoms with Crippen LogP contribution in [0.5, 0.6) is 5.75 Å². The lowest BCUT2D eigenvalue weighted by Crippen LogP contribution is -2.54. The number of piperazine rings is 1. The van der Waals surface area contributed by atoms with Gasteiger partial charge in [-0.2, -0.15) is 4.98 Å². The van der Waals surface area contributed by atoms with Crippen LogP contribution in [0.3, 0.4) is 0 Å². The molecule has 44 heavy (non-hydrogen) atoms. The number of nitrogens with zero attached hydrogens (tertiary/aromatic N) is 5. The molecule has 1 saturated heterocycles. The largest absolute Gasteiger partial charge is 0.507 e. The number of aromatic hydroxyl groups is 1. The first-order valence-electron chi connectivity index (χ1n) is 13.7. The van der Waals surface area contributed by atoms with E-state index in [9.17, 15) is 23.1 Å². The van der Waals surface area contributed by atoms with Crippen molar-refractivity contribution in [2.24, 2.45) is 0 Å². The van der Waals surface area contributed by atoms with Crippen molar-refractivity contribution in [3.63, 3.8) is 0 Å². The molecule has 1 fully saturated rings. The van der Waals surface area contributed by atoms with E-state index in [4.69, 9.17) is 0 Å². The Morgan fingerprint density at radius 2 is 1.84 bits per heavy atom. The summed E-state index contributed by atoms with van der Waals surface area (Å²) in [5.41, 5.74) is -0.535. The molecule has 1 amide bonds. The Bertz CT molecular complexity index is 1980. The van der Waals surface area contributed by atoms with Crippen LogP contribution in [-0.4, -0.2) is 72.9 Å². The van der Waals surface area contributed by atoms with E-state index in [0.29, 0.717) is 18.7 Å². The summed E-state index contributed by atoms with van der Waals surface area (Å²) in [6.07, 6.45) is 2.24. The zero-order chi connectivity index (χ0) is 32.1. The van der Waals surface area contributed by atoms with Crippen LogP contribution >= 0.6 is 0 Å². The minimum Gasteiger partial charge on any atom is -0.507 e. The molecule has 0 unspecified atom stereocenters. The number of sulfonamides is 1. The number of benzene rings is 3. The molecular formula is C31H31F2N5O5S. The summed E-state index contributed by atoms with van der Waals surface area (Å²) in [5, 5.41) is 10.7. The van der Waals surface area contributed by atoms with Gasteiger partial charge in [-0.15, -0.1) is 0 Å². The van der Waals surface area contributed by atoms with Gasteiger partial charge in [0.15, 0.2) is 0 Å². The van der Waals surface area contributed by atoms with Crippen LogP contribution < -0.4 is 14.9 Å². The molecule has 13 heteroatoms. The molecule has 1 aromatic heterocycles. The fraction of sp³-hybridized carbons (Fsp3) is 0.258. The van der Waals surface area contributed by atoms with Crippen molar-refractivity contribution >= 4 is 38.3 Å². The van der Waals surface area contributed by atoms with Crippen LogP contribution in [0, 0.1) is 18.6 Å². The number of carbonyl (C=O) groups excluding carboxylic acids is 1. The number of hydrogen-bond acceptors (Lipinski definition) is 7. The minimum absolute atomic E-state index is 0.105. The molecule has 4 aromatic rings. The molecule has 0 bridgehead atoms. The van der Waals surface area contributed by atoms with Crippen molar-refractivity contribution in [2.45, 2.75) is 19.9 Å². The smallest absolute Gasteiger partial charge is 0.354 e. The Morgan fingerprint density at radius 1 is 1.14 bits per heavy atom. The highest BCUT2D eigenvalue weighted by Gasteiger charge is 2.31. The second kappa shape index (κ2) is 11.4. The first kappa shape index (κ1) is 30.7. The molecule has 0 radical (unpaired) electrons. The van der Waals surface area contributed by atoms with Crippen LogP contribution in [0.25, 0.3) is 27.7 Å². The van der Waals surface area contributed by atoms with Crippen LogP contribution in [0.2, 0.25) is 0 Å². The number of halogens is 2. The fourth-order valence-electron chi connectivity index (χ4n) is 5.60. The molecule has 0 aliphatic carbocycles. The standard InChI is InChI=1S/C31H31F2N5O5S/c1-6-27(40)36-13-14-37(19(3)17-36)30-21-15-23(33)20(28-22(32)10-8-12-26(28)39)16-25(21)38(31(41)34-30)29-18(2)9-7-11-24(29)35(4)44(5,42)43/h6-12,15-16,19,39H,1,13-14,17H2,2-5H3/t19-/m0/s1. The van der Waals surface area contributed by atoms with Gasteiger partial charge in [-0.25, -0.2) is 22.0 Å². The lowest BCUT2D eigenvalue weighted by Gasteiger charge is -2.40. The molecule has 10 nitrogen and oxygen atoms in total. The van der Waals surface area contributed by atoms with Gasteiger partial charge in [0.1, 0.15) is 23.2 Å². The van der Waals surface area contributed by atoms with Crippen molar-refractivity contribution in [2.75, 3.05) is 42.1 Å². The predicted molar refractivity (Wildman–Crippen MR) is 166 cm³/mol. The molecule has 0 saturated carbocycles. The second-order valence-corrected chi connectivity index (χ2v) is 12.8. The van der Waals surface area contributed by atoms with Gasteiger partial charge in [0.2, 0.25) is 15.9 Å². The molecule has 1 aliphatic heterocycles. The van der Waals surface area contributed by atoms with E-state index in [1.807, 2.05) is 6.92 Å². The summed E-state index contributed by atoms with van der Waals surface area (Å²) in [7, 11) is -2.43. The monoisotopic (exact) mass is 623 g/mol. The summed E-state index contributed by atoms with van der Waals surface area (Å²) < 4.78 is 58.3. The third-order valence-corrected chi connectivity index (χ3v) is 9.08. The lowest BCUT2D eigenvalue weighted by molar-refractivity contribution is -0.126. The summed E-state index contributed by atoms with van der Waals surface area (Å²) >= 11 is 0. The quantitative estimate of drug-likeness (QED) is 0.323. The number of para-hydroxylation sites is 1. The SMILES string of the molecule is C=CC(=O)N1CCN(c2nc(=O)n(-c3c(C)cccc3N(C)S(C)(=O)=O)c3cc(-c4c(O)cccc4F)c(F)cc23)[C@@H](C)C1. The zero-order valence-electron chi connectivity index (χ0n) is 24.6. The molecule has 1 atom stereocenters. The Balaban J connectivity index is 1.86. The maximum Gasteiger partial charge on any atom is 0.354 e. The number of anilines is 2. The Morgan fingerprint density at radius 3 is 2.48 bits per heavy atom. The molecule has 1 aliphatic rings. The molecule has 0 spiro atoms. The number of amides is 1. The number of aromatic nitrogens is 2. The van der Waals surface area contributed by atoms with Gasteiger partial charge in [0.05, 0.1) is 28.7 Å². The van der Waals surface area contributed by atoms with Crippen LogP contribution in [0.4, 0.5) is 20.3 Å². The van der Waals surface area contributed by atoms with Crippen molar-refractivity contribution in [3.05, 3.63) is 88.9 Å². The van der Waals surface area contributed by atoms with E-state index < -0.39 is 38.7 Å². The van der Waals surface area contributed by atoms with E-state index >= 15 is 8.78 Å². The Hall–Kier alpha value is -4.78. The molecular weight excluding hydrogens is 592 g/mol. The maximum atomic E-state index is 15.9. The molecule has 3 aromatic carbocycles. The van der Waals surface area contributed by atoms with Crippen molar-refractivity contribution in [1.29, 1.82) is 0 Å². The summed E-state index contributed by atoms with van der Waals surface area (Å²) in [6.45, 7) is 7.93. The van der Waals surface area contributed by atoms with E-state index in [1.54, 1.807) is 28.9 Å². The average Bonchev–Trinajstić information content (AvgIpc) is 2.96. The highest BCUT2D eigenvalue weighted by Crippen LogP contribution is 2.39. The Kier molecular flexibility index (Phi) is 7.93. The summed E-state index contributed by atoms with van der Waals surface area (Å²) in [5.74, 6) is -2.35. The van der Waals surface area contributed by atoms with E-state index in [1.165, 1.54) is 42.0 Å². The highest BCUT2D eigenvalue weighted by molar-refractivity contribution is 7.92. The van der Waals surface area contributed by atoms with Crippen molar-refractivity contribution in [1.82, 2.24) is 14.5 Å². The van der Waals surface area contributed by atoms with Gasteiger partial charge in [-0.1, -0.05) is 24.8 Å². The van der Waals surface area contributed by atoms with Crippen LogP contribution in [0.1, 0.15) is 12.5 Å². The third-order valence-electron chi connectivity index (χ3n) is 7.88. The molecule has 5 rings (SSSR count). The average molecular weight is 624 g/mol. The van der Waals surface area contributed by atoms with E-state index in [0.717, 1.165) is 22.7 Å². The summed E-state index contributed by atoms with van der Waals surface area (Å²) in [6, 6.07) is 10.5. The van der Waals surface area contributed by atoms with Gasteiger partial charge >= 0.3 is 5.69 Å². The lowest BCUT2D eigenvalue weighted by atomic mass is 10.0. The molecule has 2 heterocycles. The van der Waals surface area contributed by atoms with Crippen molar-refractivity contribution in [3.8, 4) is 22.6 Å². The number of fused-ring (bicyclic) bond motifs is 1. The number of carbonyl (C=O) groups is 1. The third kappa shape index (κ3) is 5.27.